The second-order valence-corrected chi connectivity index (χ2v) is 5.87. The maximum Gasteiger partial charge on any atom is 0.203 e. The molecule has 3 rings (SSSR count). The zero-order valence-electron chi connectivity index (χ0n) is 9.35. The average molecular weight is 250 g/mol. The lowest BCUT2D eigenvalue weighted by Crippen LogP contribution is -2.38. The van der Waals surface area contributed by atoms with Crippen LogP contribution in [0.5, 0.6) is 0 Å². The van der Waals surface area contributed by atoms with E-state index in [1.807, 2.05) is 18.2 Å². The molecule has 17 heavy (non-hydrogen) atoms. The van der Waals surface area contributed by atoms with Crippen LogP contribution in [-0.4, -0.2) is 38.8 Å². The van der Waals surface area contributed by atoms with Crippen molar-refractivity contribution in [2.75, 3.05) is 35.2 Å². The van der Waals surface area contributed by atoms with Crippen molar-refractivity contribution < 1.29 is 4.21 Å². The van der Waals surface area contributed by atoms with Crippen LogP contribution in [0.3, 0.4) is 0 Å². The molecule has 1 aromatic heterocycles. The molecule has 0 aliphatic carbocycles. The Morgan fingerprint density at radius 3 is 2.88 bits per heavy atom. The Morgan fingerprint density at radius 1 is 1.35 bits per heavy atom. The van der Waals surface area contributed by atoms with E-state index in [1.165, 1.54) is 0 Å². The van der Waals surface area contributed by atoms with E-state index < -0.39 is 10.8 Å². The van der Waals surface area contributed by atoms with Crippen LogP contribution in [0, 0.1) is 0 Å². The van der Waals surface area contributed by atoms with E-state index >= 15 is 0 Å². The summed E-state index contributed by atoms with van der Waals surface area (Å²) >= 11 is 0. The van der Waals surface area contributed by atoms with Gasteiger partial charge in [0.05, 0.1) is 11.0 Å². The normalized spacial score (nSPS) is 17.8. The number of fused-ring (bicyclic) bond motifs is 1. The number of imidazole rings is 1. The van der Waals surface area contributed by atoms with Crippen LogP contribution in [0.4, 0.5) is 11.6 Å². The third-order valence-electron chi connectivity index (χ3n) is 2.97. The van der Waals surface area contributed by atoms with Crippen LogP contribution in [0.1, 0.15) is 0 Å². The molecule has 0 atom stereocenters. The predicted octanol–water partition coefficient (Wildman–Crippen LogP) is 0.714. The summed E-state index contributed by atoms with van der Waals surface area (Å²) in [5.74, 6) is 2.29. The van der Waals surface area contributed by atoms with E-state index in [2.05, 4.69) is 14.9 Å². The average Bonchev–Trinajstić information content (AvgIpc) is 2.72. The fourth-order valence-corrected chi connectivity index (χ4v) is 3.07. The van der Waals surface area contributed by atoms with Crippen molar-refractivity contribution in [3.63, 3.8) is 0 Å². The highest BCUT2D eigenvalue weighted by molar-refractivity contribution is 7.85. The van der Waals surface area contributed by atoms with Crippen LogP contribution in [0.15, 0.2) is 18.2 Å². The highest BCUT2D eigenvalue weighted by atomic mass is 32.2. The summed E-state index contributed by atoms with van der Waals surface area (Å²) in [7, 11) is -0.659. The number of benzene rings is 1. The van der Waals surface area contributed by atoms with Crippen LogP contribution < -0.4 is 10.6 Å². The largest absolute Gasteiger partial charge is 0.399 e. The number of anilines is 2. The molecular formula is C11H14N4OS. The fourth-order valence-electron chi connectivity index (χ4n) is 2.01. The van der Waals surface area contributed by atoms with Crippen molar-refractivity contribution in [2.45, 2.75) is 0 Å². The van der Waals surface area contributed by atoms with Crippen LogP contribution in [0.2, 0.25) is 0 Å². The molecule has 0 amide bonds. The Morgan fingerprint density at radius 2 is 2.12 bits per heavy atom. The van der Waals surface area contributed by atoms with Crippen molar-refractivity contribution in [3.8, 4) is 0 Å². The zero-order chi connectivity index (χ0) is 11.8. The van der Waals surface area contributed by atoms with Gasteiger partial charge in [0, 0.05) is 41.1 Å². The number of nitrogens with one attached hydrogen (secondary N) is 1. The van der Waals surface area contributed by atoms with Gasteiger partial charge in [0.25, 0.3) is 0 Å². The zero-order valence-corrected chi connectivity index (χ0v) is 10.2. The summed E-state index contributed by atoms with van der Waals surface area (Å²) in [5.41, 5.74) is 8.33. The third-order valence-corrected chi connectivity index (χ3v) is 4.25. The smallest absolute Gasteiger partial charge is 0.203 e. The Kier molecular flexibility index (Phi) is 2.51. The van der Waals surface area contributed by atoms with Crippen molar-refractivity contribution >= 4 is 33.5 Å². The van der Waals surface area contributed by atoms with Gasteiger partial charge < -0.3 is 15.6 Å². The monoisotopic (exact) mass is 250 g/mol. The highest BCUT2D eigenvalue weighted by Gasteiger charge is 2.18. The van der Waals surface area contributed by atoms with Crippen molar-refractivity contribution in [3.05, 3.63) is 18.2 Å². The number of rotatable bonds is 1. The lowest BCUT2D eigenvalue weighted by Gasteiger charge is -2.25. The first-order valence-corrected chi connectivity index (χ1v) is 7.06. The molecule has 6 heteroatoms. The molecule has 0 saturated carbocycles. The second kappa shape index (κ2) is 4.03. The molecule has 3 N–H and O–H groups in total. The summed E-state index contributed by atoms with van der Waals surface area (Å²) < 4.78 is 11.3. The molecule has 1 fully saturated rings. The molecule has 0 bridgehead atoms. The lowest BCUT2D eigenvalue weighted by atomic mass is 10.3. The van der Waals surface area contributed by atoms with Gasteiger partial charge >= 0.3 is 0 Å². The van der Waals surface area contributed by atoms with Crippen molar-refractivity contribution in [1.29, 1.82) is 0 Å². The number of aromatic amines is 1. The molecule has 5 nitrogen and oxygen atoms in total. The van der Waals surface area contributed by atoms with Gasteiger partial charge in [-0.05, 0) is 18.2 Å². The fraction of sp³-hybridized carbons (Fsp3) is 0.364. The lowest BCUT2D eigenvalue weighted by molar-refractivity contribution is 0.672. The number of H-pyrrole nitrogens is 1. The maximum absolute atomic E-state index is 11.3. The van der Waals surface area contributed by atoms with Gasteiger partial charge in [-0.3, -0.25) is 4.21 Å². The van der Waals surface area contributed by atoms with Crippen molar-refractivity contribution in [1.82, 2.24) is 9.97 Å². The van der Waals surface area contributed by atoms with Crippen LogP contribution in [-0.2, 0) is 10.8 Å². The number of nitrogens with two attached hydrogens (primary N) is 1. The van der Waals surface area contributed by atoms with E-state index in [0.29, 0.717) is 0 Å². The van der Waals surface area contributed by atoms with Gasteiger partial charge in [-0.2, -0.15) is 0 Å². The van der Waals surface area contributed by atoms with Gasteiger partial charge in [-0.1, -0.05) is 0 Å². The first-order chi connectivity index (χ1) is 8.22. The molecule has 2 heterocycles. The van der Waals surface area contributed by atoms with Crippen LogP contribution in [0.25, 0.3) is 11.0 Å². The topological polar surface area (TPSA) is 75.0 Å². The predicted molar refractivity (Wildman–Crippen MR) is 70.6 cm³/mol. The standard InChI is InChI=1S/C11H14N4OS/c12-8-1-2-9-10(7-8)14-11(13-9)15-3-5-17(16)6-4-15/h1-2,7H,3-6,12H2,(H,13,14). The molecule has 2 aromatic rings. The molecular weight excluding hydrogens is 236 g/mol. The Hall–Kier alpha value is -1.56. The molecule has 1 aromatic carbocycles. The number of nitrogens with zero attached hydrogens (tertiary/aromatic N) is 2. The van der Waals surface area contributed by atoms with Crippen molar-refractivity contribution in [2.24, 2.45) is 0 Å². The van der Waals surface area contributed by atoms with Gasteiger partial charge in [0.2, 0.25) is 5.95 Å². The molecule has 1 aliphatic rings. The Labute approximate surface area is 101 Å². The minimum absolute atomic E-state index is 0.659. The summed E-state index contributed by atoms with van der Waals surface area (Å²) in [4.78, 5) is 9.91. The molecule has 90 valence electrons. The number of aromatic nitrogens is 2. The Bertz CT molecular complexity index is 570. The first-order valence-electron chi connectivity index (χ1n) is 5.57. The van der Waals surface area contributed by atoms with Gasteiger partial charge in [-0.15, -0.1) is 0 Å². The van der Waals surface area contributed by atoms with E-state index in [4.69, 9.17) is 5.73 Å². The quantitative estimate of drug-likeness (QED) is 0.731. The van der Waals surface area contributed by atoms with Gasteiger partial charge in [0.15, 0.2) is 0 Å². The first kappa shape index (κ1) is 10.6. The second-order valence-electron chi connectivity index (χ2n) is 4.17. The molecule has 0 radical (unpaired) electrons. The number of hydrogen-bond donors (Lipinski definition) is 2. The molecule has 0 spiro atoms. The van der Waals surface area contributed by atoms with Gasteiger partial charge in [0.1, 0.15) is 0 Å². The minimum atomic E-state index is -0.659. The van der Waals surface area contributed by atoms with Crippen LogP contribution >= 0.6 is 0 Å². The third kappa shape index (κ3) is 2.00. The molecule has 1 aliphatic heterocycles. The SMILES string of the molecule is Nc1ccc2nc(N3CCS(=O)CC3)[nH]c2c1. The van der Waals surface area contributed by atoms with E-state index in [1.54, 1.807) is 0 Å². The molecule has 1 saturated heterocycles. The molecule has 0 unspecified atom stereocenters. The number of nitrogen functional groups attached to an aromatic ring is 1. The van der Waals surface area contributed by atoms with Gasteiger partial charge in [-0.25, -0.2) is 4.98 Å². The maximum atomic E-state index is 11.3. The Balaban J connectivity index is 1.92. The summed E-state index contributed by atoms with van der Waals surface area (Å²) in [6, 6.07) is 5.64. The van der Waals surface area contributed by atoms with E-state index in [-0.39, 0.29) is 0 Å². The summed E-state index contributed by atoms with van der Waals surface area (Å²) in [5, 5.41) is 0. The highest BCUT2D eigenvalue weighted by Crippen LogP contribution is 2.20. The van der Waals surface area contributed by atoms with E-state index in [9.17, 15) is 4.21 Å². The van der Waals surface area contributed by atoms with E-state index in [0.717, 1.165) is 47.3 Å². The summed E-state index contributed by atoms with van der Waals surface area (Å²) in [6.07, 6.45) is 0. The number of hydrogen-bond acceptors (Lipinski definition) is 4. The summed E-state index contributed by atoms with van der Waals surface area (Å²) in [6.45, 7) is 1.59. The minimum Gasteiger partial charge on any atom is -0.399 e.